The highest BCUT2D eigenvalue weighted by Gasteiger charge is 2.38. The summed E-state index contributed by atoms with van der Waals surface area (Å²) in [4.78, 5) is 28.0. The number of benzene rings is 1. The monoisotopic (exact) mass is 395 g/mol. The zero-order valence-electron chi connectivity index (χ0n) is 17.1. The Hall–Kier alpha value is -2.76. The minimum atomic E-state index is -0.609. The van der Waals surface area contributed by atoms with E-state index in [-0.39, 0.29) is 24.4 Å². The Balaban J connectivity index is 1.59. The number of amides is 2. The lowest BCUT2D eigenvalue weighted by molar-refractivity contribution is -0.145. The predicted molar refractivity (Wildman–Crippen MR) is 110 cm³/mol. The van der Waals surface area contributed by atoms with E-state index in [9.17, 15) is 9.59 Å². The first-order valence-corrected chi connectivity index (χ1v) is 10.4. The minimum absolute atomic E-state index is 0.0404. The summed E-state index contributed by atoms with van der Waals surface area (Å²) in [5, 5.41) is 3.26. The molecule has 3 atom stereocenters. The zero-order valence-corrected chi connectivity index (χ0v) is 17.1. The summed E-state index contributed by atoms with van der Waals surface area (Å²) in [7, 11) is 1.63. The molecule has 2 aliphatic rings. The van der Waals surface area contributed by atoms with E-state index in [1.165, 1.54) is 6.42 Å². The third-order valence-electron chi connectivity index (χ3n) is 6.28. The van der Waals surface area contributed by atoms with Crippen LogP contribution in [-0.4, -0.2) is 34.4 Å². The maximum absolute atomic E-state index is 13.4. The highest BCUT2D eigenvalue weighted by atomic mass is 16.5. The van der Waals surface area contributed by atoms with Gasteiger partial charge in [0.1, 0.15) is 12.3 Å². The van der Waals surface area contributed by atoms with Gasteiger partial charge in [0, 0.05) is 18.8 Å². The molecular weight excluding hydrogens is 366 g/mol. The van der Waals surface area contributed by atoms with Gasteiger partial charge in [-0.3, -0.25) is 9.59 Å². The summed E-state index contributed by atoms with van der Waals surface area (Å²) in [6.45, 7) is 2.86. The van der Waals surface area contributed by atoms with Crippen molar-refractivity contribution in [3.63, 3.8) is 0 Å². The number of rotatable bonds is 5. The van der Waals surface area contributed by atoms with Gasteiger partial charge in [-0.05, 0) is 48.6 Å². The van der Waals surface area contributed by atoms with Crippen molar-refractivity contribution in [2.75, 3.05) is 7.11 Å². The second-order valence-corrected chi connectivity index (χ2v) is 8.21. The molecular formula is C23H29N3O3. The first kappa shape index (κ1) is 19.6. The Morgan fingerprint density at radius 3 is 2.66 bits per heavy atom. The van der Waals surface area contributed by atoms with Crippen LogP contribution in [0.3, 0.4) is 0 Å². The predicted octanol–water partition coefficient (Wildman–Crippen LogP) is 3.28. The highest BCUT2D eigenvalue weighted by Crippen LogP contribution is 2.31. The Morgan fingerprint density at radius 1 is 1.17 bits per heavy atom. The molecule has 6 nitrogen and oxygen atoms in total. The van der Waals surface area contributed by atoms with E-state index in [0.29, 0.717) is 12.5 Å². The molecule has 0 bridgehead atoms. The number of nitrogens with one attached hydrogen (secondary N) is 1. The van der Waals surface area contributed by atoms with E-state index in [0.717, 1.165) is 36.3 Å². The number of methoxy groups -OCH3 is 1. The molecule has 0 saturated heterocycles. The quantitative estimate of drug-likeness (QED) is 0.845. The average Bonchev–Trinajstić information content (AvgIpc) is 3.18. The fraction of sp³-hybridized carbons (Fsp3) is 0.478. The largest absolute Gasteiger partial charge is 0.497 e. The molecule has 4 rings (SSSR count). The van der Waals surface area contributed by atoms with Crippen LogP contribution in [0.1, 0.15) is 49.9 Å². The molecule has 1 aromatic heterocycles. The minimum Gasteiger partial charge on any atom is -0.497 e. The van der Waals surface area contributed by atoms with Crippen LogP contribution in [0.2, 0.25) is 0 Å². The van der Waals surface area contributed by atoms with Crippen molar-refractivity contribution in [3.05, 3.63) is 53.9 Å². The number of carbonyl (C=O) groups excluding carboxylic acids is 2. The van der Waals surface area contributed by atoms with Crippen LogP contribution in [0.4, 0.5) is 0 Å². The Morgan fingerprint density at radius 2 is 1.93 bits per heavy atom. The van der Waals surface area contributed by atoms with Gasteiger partial charge >= 0.3 is 0 Å². The molecule has 29 heavy (non-hydrogen) atoms. The Kier molecular flexibility index (Phi) is 5.60. The number of carbonyl (C=O) groups is 2. The van der Waals surface area contributed by atoms with Crippen LogP contribution in [0.15, 0.2) is 42.6 Å². The van der Waals surface area contributed by atoms with Crippen molar-refractivity contribution >= 4 is 11.8 Å². The fourth-order valence-corrected chi connectivity index (χ4v) is 4.54. The Bertz CT molecular complexity index is 874. The van der Waals surface area contributed by atoms with E-state index in [2.05, 4.69) is 12.2 Å². The SMILES string of the molecule is COc1ccc(CN2C(=O)Cn3cccc3C2C(=O)NC2CCCCC2C)cc1. The molecule has 2 amide bonds. The van der Waals surface area contributed by atoms with Crippen LogP contribution in [-0.2, 0) is 22.7 Å². The topological polar surface area (TPSA) is 63.6 Å². The number of hydrogen-bond acceptors (Lipinski definition) is 3. The summed E-state index contributed by atoms with van der Waals surface area (Å²) in [5.41, 5.74) is 1.85. The maximum atomic E-state index is 13.4. The summed E-state index contributed by atoms with van der Waals surface area (Å²) >= 11 is 0. The first-order valence-electron chi connectivity index (χ1n) is 10.4. The van der Waals surface area contributed by atoms with Gasteiger partial charge in [-0.2, -0.15) is 0 Å². The van der Waals surface area contributed by atoms with Gasteiger partial charge in [0.05, 0.1) is 12.8 Å². The molecule has 1 saturated carbocycles. The highest BCUT2D eigenvalue weighted by molar-refractivity contribution is 5.90. The molecule has 2 aromatic rings. The second-order valence-electron chi connectivity index (χ2n) is 8.21. The van der Waals surface area contributed by atoms with Gasteiger partial charge in [0.2, 0.25) is 11.8 Å². The maximum Gasteiger partial charge on any atom is 0.249 e. The molecule has 1 aliphatic carbocycles. The molecule has 2 heterocycles. The van der Waals surface area contributed by atoms with E-state index >= 15 is 0 Å². The molecule has 3 unspecified atom stereocenters. The van der Waals surface area contributed by atoms with Gasteiger partial charge in [-0.15, -0.1) is 0 Å². The lowest BCUT2D eigenvalue weighted by atomic mass is 9.85. The van der Waals surface area contributed by atoms with E-state index in [1.807, 2.05) is 47.2 Å². The summed E-state index contributed by atoms with van der Waals surface area (Å²) < 4.78 is 7.11. The number of nitrogens with zero attached hydrogens (tertiary/aromatic N) is 2. The molecule has 1 aromatic carbocycles. The number of hydrogen-bond donors (Lipinski definition) is 1. The van der Waals surface area contributed by atoms with Crippen molar-refractivity contribution in [1.82, 2.24) is 14.8 Å². The smallest absolute Gasteiger partial charge is 0.249 e. The molecule has 154 valence electrons. The fourth-order valence-electron chi connectivity index (χ4n) is 4.54. The summed E-state index contributed by atoms with van der Waals surface area (Å²) in [6, 6.07) is 11.1. The van der Waals surface area contributed by atoms with Crippen LogP contribution >= 0.6 is 0 Å². The van der Waals surface area contributed by atoms with Gasteiger partial charge in [0.15, 0.2) is 6.04 Å². The molecule has 1 N–H and O–H groups in total. The van der Waals surface area contributed by atoms with E-state index in [1.54, 1.807) is 12.0 Å². The van der Waals surface area contributed by atoms with Crippen molar-refractivity contribution in [2.45, 2.75) is 57.8 Å². The molecule has 0 radical (unpaired) electrons. The van der Waals surface area contributed by atoms with Crippen molar-refractivity contribution in [3.8, 4) is 5.75 Å². The van der Waals surface area contributed by atoms with E-state index in [4.69, 9.17) is 4.74 Å². The van der Waals surface area contributed by atoms with Gasteiger partial charge in [-0.1, -0.05) is 31.9 Å². The first-order chi connectivity index (χ1) is 14.1. The molecule has 1 aliphatic heterocycles. The zero-order chi connectivity index (χ0) is 20.4. The van der Waals surface area contributed by atoms with Gasteiger partial charge in [0.25, 0.3) is 0 Å². The molecule has 0 spiro atoms. The average molecular weight is 396 g/mol. The lowest BCUT2D eigenvalue weighted by Gasteiger charge is -2.38. The van der Waals surface area contributed by atoms with E-state index < -0.39 is 6.04 Å². The van der Waals surface area contributed by atoms with Crippen molar-refractivity contribution in [2.24, 2.45) is 5.92 Å². The van der Waals surface area contributed by atoms with Gasteiger partial charge < -0.3 is 19.5 Å². The number of fused-ring (bicyclic) bond motifs is 1. The summed E-state index contributed by atoms with van der Waals surface area (Å²) in [5.74, 6) is 1.12. The van der Waals surface area contributed by atoms with Crippen LogP contribution < -0.4 is 10.1 Å². The number of ether oxygens (including phenoxy) is 1. The van der Waals surface area contributed by atoms with Crippen LogP contribution in [0.25, 0.3) is 0 Å². The van der Waals surface area contributed by atoms with Crippen molar-refractivity contribution < 1.29 is 14.3 Å². The number of aromatic nitrogens is 1. The van der Waals surface area contributed by atoms with Gasteiger partial charge in [-0.25, -0.2) is 0 Å². The lowest BCUT2D eigenvalue weighted by Crippen LogP contribution is -2.51. The van der Waals surface area contributed by atoms with Crippen molar-refractivity contribution in [1.29, 1.82) is 0 Å². The van der Waals surface area contributed by atoms with Crippen LogP contribution in [0.5, 0.6) is 5.75 Å². The normalized spacial score (nSPS) is 24.1. The molecule has 6 heteroatoms. The second kappa shape index (κ2) is 8.31. The third kappa shape index (κ3) is 4.02. The molecule has 1 fully saturated rings. The standard InChI is InChI=1S/C23H29N3O3/c1-16-6-3-4-7-19(16)24-23(28)22-20-8-5-13-25(20)15-21(27)26(22)14-17-9-11-18(29-2)12-10-17/h5,8-13,16,19,22H,3-4,6-7,14-15H2,1-2H3,(H,24,28). The summed E-state index contributed by atoms with van der Waals surface area (Å²) in [6.07, 6.45) is 6.39. The Labute approximate surface area is 171 Å². The third-order valence-corrected chi connectivity index (χ3v) is 6.28. The van der Waals surface area contributed by atoms with Crippen LogP contribution in [0, 0.1) is 5.92 Å².